The molecule has 0 aliphatic heterocycles. The molecule has 0 radical (unpaired) electrons. The van der Waals surface area contributed by atoms with E-state index in [0.717, 1.165) is 0 Å². The van der Waals surface area contributed by atoms with E-state index >= 15 is 0 Å². The maximum absolute atomic E-state index is 8.00. The molecule has 2 N–H and O–H groups in total. The predicted molar refractivity (Wildman–Crippen MR) is 169 cm³/mol. The van der Waals surface area contributed by atoms with Crippen molar-refractivity contribution >= 4 is 17.2 Å². The van der Waals surface area contributed by atoms with Gasteiger partial charge in [0.05, 0.1) is 0 Å². The Bertz CT molecular complexity index is 380. The van der Waals surface area contributed by atoms with Gasteiger partial charge in [0.15, 0.2) is 0 Å². The van der Waals surface area contributed by atoms with Crippen molar-refractivity contribution in [2.24, 2.45) is 0 Å². The molecule has 0 rings (SSSR count). The third-order valence-electron chi connectivity index (χ3n) is 8.28. The maximum atomic E-state index is 8.00. The first-order chi connectivity index (χ1) is 16.5. The smallest absolute Gasteiger partial charge is 0.412 e. The van der Waals surface area contributed by atoms with Crippen LogP contribution in [0.1, 0.15) is 182 Å². The molecule has 0 heterocycles. The van der Waals surface area contributed by atoms with Crippen LogP contribution in [-0.4, -0.2) is 30.1 Å². The maximum Gasteiger partial charge on any atom is -0.412 e. The molecule has 0 spiro atoms. The number of hydrogen-bond donors (Lipinski definition) is 0. The summed E-state index contributed by atoms with van der Waals surface area (Å²) in [6.45, 7) is 9.32. The summed E-state index contributed by atoms with van der Waals surface area (Å²) >= 11 is 8.00. The topological polar surface area (TPSA) is 31.5 Å². The van der Waals surface area contributed by atoms with Crippen LogP contribution in [-0.2, 0) is 0 Å². The molecule has 1 nitrogen and oxygen atoms in total. The summed E-state index contributed by atoms with van der Waals surface area (Å²) in [4.78, 5) is 0. The van der Waals surface area contributed by atoms with E-state index in [0.29, 0.717) is 0 Å². The number of unbranched alkanes of at least 4 members (excludes halogenated alkanes) is 20. The third kappa shape index (κ3) is 22.4. The SMILES string of the molecule is CCCCCCCCCCCCCCP(Cl)(CCCCCC)(CCCCCC)CCCCCC.O. The molecule has 3 heteroatoms. The van der Waals surface area contributed by atoms with Crippen LogP contribution in [0.3, 0.4) is 0 Å². The zero-order valence-corrected chi connectivity index (χ0v) is 26.8. The van der Waals surface area contributed by atoms with E-state index in [2.05, 4.69) is 27.7 Å². The molecule has 216 valence electrons. The quantitative estimate of drug-likeness (QED) is 0.0702. The first kappa shape index (κ1) is 37.8. The predicted octanol–water partition coefficient (Wildman–Crippen LogP) is 12.3. The van der Waals surface area contributed by atoms with Gasteiger partial charge in [-0.2, -0.15) is 0 Å². The monoisotopic (exact) mass is 536 g/mol. The Hall–Kier alpha value is 0.680. The molecular weight excluding hydrogens is 467 g/mol. The van der Waals surface area contributed by atoms with Gasteiger partial charge in [-0.3, -0.25) is 0 Å². The van der Waals surface area contributed by atoms with Crippen LogP contribution in [0.25, 0.3) is 0 Å². The van der Waals surface area contributed by atoms with Gasteiger partial charge in [0.25, 0.3) is 0 Å². The molecule has 0 fully saturated rings. The van der Waals surface area contributed by atoms with E-state index in [1.807, 2.05) is 0 Å². The summed E-state index contributed by atoms with van der Waals surface area (Å²) in [6, 6.07) is 0. The Balaban J connectivity index is 0. The summed E-state index contributed by atoms with van der Waals surface area (Å²) in [5, 5.41) is 0. The number of hydrogen-bond acceptors (Lipinski definition) is 0. The Kier molecular flexibility index (Phi) is 28.4. The summed E-state index contributed by atoms with van der Waals surface area (Å²) < 4.78 is 0. The van der Waals surface area contributed by atoms with Gasteiger partial charge < -0.3 is 5.48 Å². The van der Waals surface area contributed by atoms with Crippen LogP contribution < -0.4 is 0 Å². The minimum Gasteiger partial charge on any atom is -0.412 e. The number of rotatable bonds is 28. The van der Waals surface area contributed by atoms with Crippen molar-refractivity contribution in [2.75, 3.05) is 24.6 Å². The Morgan fingerprint density at radius 2 is 0.486 bits per heavy atom. The minimum absolute atomic E-state index is 0. The third-order valence-corrected chi connectivity index (χ3v) is 16.0. The van der Waals surface area contributed by atoms with Crippen LogP contribution >= 0.6 is 17.2 Å². The first-order valence-electron chi connectivity index (χ1n) is 16.3. The zero-order valence-electron chi connectivity index (χ0n) is 25.1. The molecule has 0 saturated heterocycles. The average Bonchev–Trinajstić information content (AvgIpc) is 2.84. The second-order valence-electron chi connectivity index (χ2n) is 11.8. The van der Waals surface area contributed by atoms with E-state index in [1.165, 1.54) is 179 Å². The van der Waals surface area contributed by atoms with Crippen LogP contribution in [0.4, 0.5) is 0 Å². The second kappa shape index (κ2) is 26.3. The summed E-state index contributed by atoms with van der Waals surface area (Å²) in [6.07, 6.45) is 39.5. The van der Waals surface area contributed by atoms with Gasteiger partial charge in [0.1, 0.15) is 0 Å². The largest absolute Gasteiger partial charge is 0.412 e. The molecule has 0 bridgehead atoms. The van der Waals surface area contributed by atoms with Crippen LogP contribution in [0.15, 0.2) is 0 Å². The summed E-state index contributed by atoms with van der Waals surface area (Å²) in [5.74, 6) is -2.07. The van der Waals surface area contributed by atoms with Gasteiger partial charge in [-0.15, -0.1) is 0 Å². The number of halogens is 1. The van der Waals surface area contributed by atoms with Gasteiger partial charge in [-0.25, -0.2) is 0 Å². The van der Waals surface area contributed by atoms with Crippen LogP contribution in [0.5, 0.6) is 0 Å². The standard InChI is InChI=1S/C32H68ClP.H2O/c1-5-9-13-17-18-19-20-21-22-23-24-28-32-34(33,29-25-14-10-6-2,30-26-15-11-7-3)31-27-16-12-8-4;/h5-32H2,1-4H3;1H2. The Morgan fingerprint density at radius 3 is 0.714 bits per heavy atom. The van der Waals surface area contributed by atoms with Crippen molar-refractivity contribution in [1.82, 2.24) is 0 Å². The van der Waals surface area contributed by atoms with E-state index in [-0.39, 0.29) is 5.48 Å². The van der Waals surface area contributed by atoms with Gasteiger partial charge in [0.2, 0.25) is 0 Å². The molecule has 0 unspecified atom stereocenters. The van der Waals surface area contributed by atoms with Gasteiger partial charge in [-0.1, -0.05) is 13.3 Å². The van der Waals surface area contributed by atoms with Gasteiger partial charge in [-0.05, 0) is 0 Å². The normalized spacial score (nSPS) is 12.9. The van der Waals surface area contributed by atoms with Gasteiger partial charge in [0, 0.05) is 0 Å². The fraction of sp³-hybridized carbons (Fsp3) is 1.00. The molecule has 0 saturated carbocycles. The molecule has 35 heavy (non-hydrogen) atoms. The van der Waals surface area contributed by atoms with Crippen molar-refractivity contribution < 1.29 is 5.48 Å². The van der Waals surface area contributed by atoms with Crippen molar-refractivity contribution in [3.63, 3.8) is 0 Å². The summed E-state index contributed by atoms with van der Waals surface area (Å²) in [7, 11) is 0. The van der Waals surface area contributed by atoms with Crippen LogP contribution in [0.2, 0.25) is 0 Å². The van der Waals surface area contributed by atoms with Crippen molar-refractivity contribution in [1.29, 1.82) is 0 Å². The summed E-state index contributed by atoms with van der Waals surface area (Å²) in [5.41, 5.74) is 0. The second-order valence-corrected chi connectivity index (χ2v) is 20.1. The average molecular weight is 537 g/mol. The molecule has 0 aromatic carbocycles. The molecule has 0 amide bonds. The molecular formula is C32H70ClOP. The fourth-order valence-corrected chi connectivity index (χ4v) is 12.7. The first-order valence-corrected chi connectivity index (χ1v) is 20.1. The molecule has 0 aromatic heterocycles. The van der Waals surface area contributed by atoms with E-state index in [9.17, 15) is 0 Å². The van der Waals surface area contributed by atoms with Crippen molar-refractivity contribution in [2.45, 2.75) is 182 Å². The zero-order chi connectivity index (χ0) is 25.2. The molecule has 0 aliphatic rings. The van der Waals surface area contributed by atoms with Crippen molar-refractivity contribution in [3.8, 4) is 0 Å². The van der Waals surface area contributed by atoms with Gasteiger partial charge >= 0.3 is 210 Å². The minimum atomic E-state index is -2.07. The van der Waals surface area contributed by atoms with E-state index in [1.54, 1.807) is 0 Å². The fourth-order valence-electron chi connectivity index (χ4n) is 5.82. The van der Waals surface area contributed by atoms with E-state index < -0.39 is 5.96 Å². The Labute approximate surface area is 228 Å². The Morgan fingerprint density at radius 1 is 0.314 bits per heavy atom. The molecule has 0 atom stereocenters. The van der Waals surface area contributed by atoms with Crippen molar-refractivity contribution in [3.05, 3.63) is 0 Å². The van der Waals surface area contributed by atoms with E-state index in [4.69, 9.17) is 11.2 Å². The molecule has 0 aromatic rings. The molecule has 0 aliphatic carbocycles. The van der Waals surface area contributed by atoms with Crippen LogP contribution in [0, 0.1) is 0 Å².